The van der Waals surface area contributed by atoms with Gasteiger partial charge in [0, 0.05) is 17.2 Å². The van der Waals surface area contributed by atoms with Gasteiger partial charge >= 0.3 is 0 Å². The summed E-state index contributed by atoms with van der Waals surface area (Å²) in [6, 6.07) is 7.78. The van der Waals surface area contributed by atoms with Gasteiger partial charge in [-0.2, -0.15) is 4.68 Å². The van der Waals surface area contributed by atoms with Gasteiger partial charge in [0.25, 0.3) is 0 Å². The predicted octanol–water partition coefficient (Wildman–Crippen LogP) is 1.79. The average molecular weight is 396 g/mol. The van der Waals surface area contributed by atoms with Crippen molar-refractivity contribution in [2.24, 2.45) is 0 Å². The van der Waals surface area contributed by atoms with Gasteiger partial charge < -0.3 is 14.4 Å². The number of ether oxygens (including phenoxy) is 2. The summed E-state index contributed by atoms with van der Waals surface area (Å²) in [5.41, 5.74) is 1.02. The molecule has 3 heterocycles. The Morgan fingerprint density at radius 1 is 1.19 bits per heavy atom. The van der Waals surface area contributed by atoms with Gasteiger partial charge in [0.15, 0.2) is 12.5 Å². The van der Waals surface area contributed by atoms with Crippen molar-refractivity contribution in [3.63, 3.8) is 0 Å². The third-order valence-corrected chi connectivity index (χ3v) is 5.69. The van der Waals surface area contributed by atoms with Crippen LogP contribution in [-0.2, 0) is 22.7 Å². The van der Waals surface area contributed by atoms with Crippen molar-refractivity contribution in [1.82, 2.24) is 14.3 Å². The molecule has 2 saturated heterocycles. The molecule has 0 radical (unpaired) electrons. The Kier molecular flexibility index (Phi) is 5.71. The number of rotatable bonds is 5. The van der Waals surface area contributed by atoms with Crippen LogP contribution in [0.4, 0.5) is 0 Å². The number of quaternary nitrogens is 1. The Balaban J connectivity index is 1.66. The van der Waals surface area contributed by atoms with Crippen molar-refractivity contribution >= 4 is 23.8 Å². The van der Waals surface area contributed by atoms with Crippen LogP contribution in [0.2, 0.25) is 5.02 Å². The number of hydrogen-bond donors (Lipinski definition) is 1. The molecule has 4 rings (SSSR count). The first-order valence-electron chi connectivity index (χ1n) is 9.17. The number of benzene rings is 1. The molecule has 0 saturated carbocycles. The van der Waals surface area contributed by atoms with Crippen LogP contribution >= 0.6 is 23.8 Å². The number of nitrogens with one attached hydrogen (secondary N) is 1. The molecule has 0 amide bonds. The monoisotopic (exact) mass is 395 g/mol. The molecule has 0 bridgehead atoms. The van der Waals surface area contributed by atoms with Crippen LogP contribution in [0.15, 0.2) is 24.3 Å². The Hall–Kier alpha value is -1.25. The molecule has 0 aliphatic carbocycles. The highest BCUT2D eigenvalue weighted by atomic mass is 35.5. The van der Waals surface area contributed by atoms with Crippen molar-refractivity contribution < 1.29 is 14.4 Å². The third kappa shape index (κ3) is 4.02. The highest BCUT2D eigenvalue weighted by Crippen LogP contribution is 2.23. The normalized spacial score (nSPS) is 21.3. The molecule has 1 N–H and O–H groups in total. The van der Waals surface area contributed by atoms with Gasteiger partial charge in [0.1, 0.15) is 13.1 Å². The fraction of sp³-hybridized carbons (Fsp3) is 0.556. The number of nitrogens with zero attached hydrogens (tertiary/aromatic N) is 3. The van der Waals surface area contributed by atoms with Crippen LogP contribution in [0.5, 0.6) is 0 Å². The Bertz CT molecular complexity index is 793. The molecular weight excluding hydrogens is 372 g/mol. The zero-order valence-corrected chi connectivity index (χ0v) is 16.3. The van der Waals surface area contributed by atoms with E-state index in [-0.39, 0.29) is 6.10 Å². The van der Waals surface area contributed by atoms with Crippen LogP contribution in [0, 0.1) is 4.77 Å². The first kappa shape index (κ1) is 18.1. The van der Waals surface area contributed by atoms with Crippen LogP contribution in [0.1, 0.15) is 12.8 Å². The molecule has 140 valence electrons. The van der Waals surface area contributed by atoms with Gasteiger partial charge in [-0.05, 0) is 49.3 Å². The summed E-state index contributed by atoms with van der Waals surface area (Å²) in [7, 11) is 0. The molecule has 1 atom stereocenters. The zero-order chi connectivity index (χ0) is 17.9. The Morgan fingerprint density at radius 2 is 1.96 bits per heavy atom. The summed E-state index contributed by atoms with van der Waals surface area (Å²) in [6.07, 6.45) is 2.39. The molecule has 2 aliphatic heterocycles. The van der Waals surface area contributed by atoms with Crippen molar-refractivity contribution in [3.8, 4) is 11.4 Å². The lowest BCUT2D eigenvalue weighted by Gasteiger charge is -2.23. The molecule has 1 aromatic heterocycles. The van der Waals surface area contributed by atoms with Gasteiger partial charge in [0.2, 0.25) is 4.77 Å². The maximum absolute atomic E-state index is 6.05. The number of hydrogen-bond acceptors (Lipinski definition) is 4. The lowest BCUT2D eigenvalue weighted by atomic mass is 10.2. The van der Waals surface area contributed by atoms with E-state index in [4.69, 9.17) is 38.4 Å². The van der Waals surface area contributed by atoms with E-state index in [1.807, 2.05) is 28.9 Å². The quantitative estimate of drug-likeness (QED) is 0.784. The van der Waals surface area contributed by atoms with Crippen molar-refractivity contribution in [3.05, 3.63) is 34.1 Å². The minimum absolute atomic E-state index is 0.209. The molecule has 0 spiro atoms. The first-order valence-corrected chi connectivity index (χ1v) is 9.96. The second-order valence-electron chi connectivity index (χ2n) is 6.88. The summed E-state index contributed by atoms with van der Waals surface area (Å²) in [5, 5.41) is 5.58. The first-order chi connectivity index (χ1) is 12.7. The van der Waals surface area contributed by atoms with E-state index in [0.717, 1.165) is 80.1 Å². The van der Waals surface area contributed by atoms with E-state index in [0.29, 0.717) is 0 Å². The lowest BCUT2D eigenvalue weighted by Crippen LogP contribution is -3.13. The van der Waals surface area contributed by atoms with E-state index in [1.165, 1.54) is 4.90 Å². The lowest BCUT2D eigenvalue weighted by molar-refractivity contribution is -0.930. The fourth-order valence-corrected chi connectivity index (χ4v) is 3.94. The van der Waals surface area contributed by atoms with Crippen LogP contribution in [0.3, 0.4) is 0 Å². The molecule has 1 aromatic carbocycles. The molecule has 2 fully saturated rings. The van der Waals surface area contributed by atoms with E-state index >= 15 is 0 Å². The van der Waals surface area contributed by atoms with Crippen LogP contribution in [-0.4, -0.2) is 53.4 Å². The van der Waals surface area contributed by atoms with Gasteiger partial charge in [-0.25, -0.2) is 0 Å². The standard InChI is InChI=1S/C18H23ClN4O2S/c19-15-5-3-14(4-6-15)17-20-23(13-21-7-10-24-11-8-21)18(26)22(17)12-16-2-1-9-25-16/h3-6,16H,1-2,7-13H2/p+1/t16-/m0/s1. The topological polar surface area (TPSA) is 45.7 Å². The zero-order valence-electron chi connectivity index (χ0n) is 14.7. The summed E-state index contributed by atoms with van der Waals surface area (Å²) in [6.45, 7) is 5.90. The molecule has 6 nitrogen and oxygen atoms in total. The third-order valence-electron chi connectivity index (χ3n) is 5.01. The maximum Gasteiger partial charge on any atom is 0.203 e. The summed E-state index contributed by atoms with van der Waals surface area (Å²) in [4.78, 5) is 1.44. The van der Waals surface area contributed by atoms with Crippen molar-refractivity contribution in [2.45, 2.75) is 32.2 Å². The minimum atomic E-state index is 0.209. The maximum atomic E-state index is 6.05. The summed E-state index contributed by atoms with van der Waals surface area (Å²) >= 11 is 11.8. The smallest absolute Gasteiger partial charge is 0.203 e. The van der Waals surface area contributed by atoms with Crippen molar-refractivity contribution in [2.75, 3.05) is 32.9 Å². The average Bonchev–Trinajstić information content (AvgIpc) is 3.27. The molecule has 0 unspecified atom stereocenters. The highest BCUT2D eigenvalue weighted by molar-refractivity contribution is 7.71. The van der Waals surface area contributed by atoms with Gasteiger partial charge in [-0.1, -0.05) is 11.6 Å². The van der Waals surface area contributed by atoms with E-state index in [1.54, 1.807) is 0 Å². The SMILES string of the molecule is S=c1n(C[NH+]2CCOCC2)nc(-c2ccc(Cl)cc2)n1C[C@@H]1CCCO1. The van der Waals surface area contributed by atoms with E-state index < -0.39 is 0 Å². The molecular formula is C18H24ClN4O2S+. The van der Waals surface area contributed by atoms with E-state index in [9.17, 15) is 0 Å². The molecule has 2 aliphatic rings. The second kappa shape index (κ2) is 8.19. The fourth-order valence-electron chi connectivity index (χ4n) is 3.54. The van der Waals surface area contributed by atoms with Crippen LogP contribution in [0.25, 0.3) is 11.4 Å². The summed E-state index contributed by atoms with van der Waals surface area (Å²) in [5.74, 6) is 0.884. The number of aromatic nitrogens is 3. The molecule has 26 heavy (non-hydrogen) atoms. The molecule has 8 heteroatoms. The van der Waals surface area contributed by atoms with Gasteiger partial charge in [0.05, 0.1) is 25.9 Å². The Morgan fingerprint density at radius 3 is 2.65 bits per heavy atom. The predicted molar refractivity (Wildman–Crippen MR) is 102 cm³/mol. The summed E-state index contributed by atoms with van der Waals surface area (Å²) < 4.78 is 16.1. The number of morpholine rings is 1. The van der Waals surface area contributed by atoms with Crippen LogP contribution < -0.4 is 4.90 Å². The number of halogens is 1. The van der Waals surface area contributed by atoms with E-state index in [2.05, 4.69) is 4.57 Å². The van der Waals surface area contributed by atoms with Gasteiger partial charge in [-0.3, -0.25) is 4.57 Å². The molecule has 2 aromatic rings. The minimum Gasteiger partial charge on any atom is -0.376 e. The van der Waals surface area contributed by atoms with Crippen molar-refractivity contribution in [1.29, 1.82) is 0 Å². The van der Waals surface area contributed by atoms with Gasteiger partial charge in [-0.15, -0.1) is 5.10 Å². The highest BCUT2D eigenvalue weighted by Gasteiger charge is 2.22. The largest absolute Gasteiger partial charge is 0.376 e. The second-order valence-corrected chi connectivity index (χ2v) is 7.68. The Labute approximate surface area is 163 Å².